The van der Waals surface area contributed by atoms with Crippen LogP contribution in [0, 0.1) is 0 Å². The van der Waals surface area contributed by atoms with Gasteiger partial charge in [0.05, 0.1) is 5.02 Å². The van der Waals surface area contributed by atoms with Gasteiger partial charge in [-0.1, -0.05) is 30.1 Å². The summed E-state index contributed by atoms with van der Waals surface area (Å²) < 4.78 is 5.51. The van der Waals surface area contributed by atoms with E-state index in [4.69, 9.17) is 27.9 Å². The number of hydrogen-bond donors (Lipinski definition) is 1. The molecule has 4 nitrogen and oxygen atoms in total. The van der Waals surface area contributed by atoms with E-state index in [1.54, 1.807) is 30.6 Å². The van der Waals surface area contributed by atoms with Crippen molar-refractivity contribution in [1.29, 1.82) is 0 Å². The third kappa shape index (κ3) is 4.34. The number of ether oxygens (including phenoxy) is 1. The number of hydrogen-bond acceptors (Lipinski definition) is 4. The summed E-state index contributed by atoms with van der Waals surface area (Å²) in [5.41, 5.74) is 1.01. The van der Waals surface area contributed by atoms with E-state index in [9.17, 15) is 0 Å². The lowest BCUT2D eigenvalue weighted by Crippen LogP contribution is -2.14. The standard InChI is InChI=1S/C14H15Cl2N3O/c1-2-5-17-7-10-8-18-14(19-9-10)20-13-4-3-11(15)6-12(13)16/h3-4,6,8-9,17H,2,5,7H2,1H3. The Morgan fingerprint density at radius 1 is 1.20 bits per heavy atom. The topological polar surface area (TPSA) is 47.0 Å². The second-order valence-corrected chi connectivity index (χ2v) is 5.07. The molecule has 0 unspecified atom stereocenters. The Kier molecular flexibility index (Phi) is 5.59. The first-order valence-electron chi connectivity index (χ1n) is 6.33. The van der Waals surface area contributed by atoms with Gasteiger partial charge in [0.2, 0.25) is 0 Å². The van der Waals surface area contributed by atoms with Crippen LogP contribution in [0.4, 0.5) is 0 Å². The SMILES string of the molecule is CCCNCc1cnc(Oc2ccc(Cl)cc2Cl)nc1. The normalized spacial score (nSPS) is 10.6. The maximum Gasteiger partial charge on any atom is 0.321 e. The van der Waals surface area contributed by atoms with Crippen molar-refractivity contribution in [3.05, 3.63) is 46.2 Å². The molecule has 1 aromatic heterocycles. The van der Waals surface area contributed by atoms with Crippen LogP contribution in [-0.4, -0.2) is 16.5 Å². The Hall–Kier alpha value is -1.36. The molecule has 2 aromatic rings. The van der Waals surface area contributed by atoms with Crippen LogP contribution in [0.1, 0.15) is 18.9 Å². The van der Waals surface area contributed by atoms with E-state index in [2.05, 4.69) is 22.2 Å². The van der Waals surface area contributed by atoms with E-state index in [1.165, 1.54) is 0 Å². The van der Waals surface area contributed by atoms with Gasteiger partial charge >= 0.3 is 6.01 Å². The van der Waals surface area contributed by atoms with Crippen molar-refractivity contribution >= 4 is 23.2 Å². The third-order valence-corrected chi connectivity index (χ3v) is 3.06. The predicted molar refractivity (Wildman–Crippen MR) is 80.6 cm³/mol. The van der Waals surface area contributed by atoms with Crippen LogP contribution in [0.15, 0.2) is 30.6 Å². The van der Waals surface area contributed by atoms with Gasteiger partial charge in [0.15, 0.2) is 0 Å². The number of halogens is 2. The lowest BCUT2D eigenvalue weighted by Gasteiger charge is -2.07. The maximum atomic E-state index is 6.02. The van der Waals surface area contributed by atoms with Crippen LogP contribution in [0.25, 0.3) is 0 Å². The van der Waals surface area contributed by atoms with Gasteiger partial charge in [-0.2, -0.15) is 0 Å². The molecule has 106 valence electrons. The molecule has 1 heterocycles. The highest BCUT2D eigenvalue weighted by molar-refractivity contribution is 6.35. The molecule has 0 amide bonds. The zero-order chi connectivity index (χ0) is 14.4. The van der Waals surface area contributed by atoms with E-state index in [-0.39, 0.29) is 6.01 Å². The summed E-state index contributed by atoms with van der Waals surface area (Å²) in [7, 11) is 0. The Morgan fingerprint density at radius 2 is 1.95 bits per heavy atom. The summed E-state index contributed by atoms with van der Waals surface area (Å²) in [6.07, 6.45) is 4.56. The summed E-state index contributed by atoms with van der Waals surface area (Å²) in [5, 5.41) is 4.26. The van der Waals surface area contributed by atoms with Crippen LogP contribution in [0.3, 0.4) is 0 Å². The third-order valence-electron chi connectivity index (χ3n) is 2.53. The molecule has 6 heteroatoms. The van der Waals surface area contributed by atoms with Crippen molar-refractivity contribution < 1.29 is 4.74 Å². The smallest absolute Gasteiger partial charge is 0.321 e. The fourth-order valence-electron chi connectivity index (χ4n) is 1.55. The quantitative estimate of drug-likeness (QED) is 0.817. The molecule has 2 rings (SSSR count). The summed E-state index contributed by atoms with van der Waals surface area (Å²) in [5.74, 6) is 0.480. The first kappa shape index (κ1) is 15.0. The van der Waals surface area contributed by atoms with Crippen molar-refractivity contribution in [2.24, 2.45) is 0 Å². The molecule has 0 aliphatic heterocycles. The zero-order valence-electron chi connectivity index (χ0n) is 11.1. The van der Waals surface area contributed by atoms with Crippen molar-refractivity contribution in [2.45, 2.75) is 19.9 Å². The summed E-state index contributed by atoms with van der Waals surface area (Å²) >= 11 is 11.8. The van der Waals surface area contributed by atoms with Gasteiger partial charge in [-0.25, -0.2) is 9.97 Å². The van der Waals surface area contributed by atoms with Gasteiger partial charge in [0.1, 0.15) is 5.75 Å². The van der Waals surface area contributed by atoms with Crippen LogP contribution >= 0.6 is 23.2 Å². The lowest BCUT2D eigenvalue weighted by atomic mass is 10.3. The molecule has 20 heavy (non-hydrogen) atoms. The fourth-order valence-corrected chi connectivity index (χ4v) is 2.00. The minimum Gasteiger partial charge on any atom is -0.423 e. The highest BCUT2D eigenvalue weighted by Gasteiger charge is 2.06. The summed E-state index contributed by atoms with van der Waals surface area (Å²) in [6.45, 7) is 3.84. The first-order valence-corrected chi connectivity index (χ1v) is 7.09. The molecular weight excluding hydrogens is 297 g/mol. The van der Waals surface area contributed by atoms with E-state index < -0.39 is 0 Å². The monoisotopic (exact) mass is 311 g/mol. The molecule has 1 aromatic carbocycles. The fraction of sp³-hybridized carbons (Fsp3) is 0.286. The minimum atomic E-state index is 0.258. The van der Waals surface area contributed by atoms with Crippen molar-refractivity contribution in [3.8, 4) is 11.8 Å². The Balaban J connectivity index is 1.99. The molecule has 0 bridgehead atoms. The van der Waals surface area contributed by atoms with E-state index in [0.29, 0.717) is 15.8 Å². The molecule has 0 aliphatic rings. The lowest BCUT2D eigenvalue weighted by molar-refractivity contribution is 0.441. The van der Waals surface area contributed by atoms with Gasteiger partial charge in [-0.3, -0.25) is 0 Å². The Labute approximate surface area is 128 Å². The number of aromatic nitrogens is 2. The molecule has 0 saturated heterocycles. The number of nitrogens with zero attached hydrogens (tertiary/aromatic N) is 2. The summed E-state index contributed by atoms with van der Waals surface area (Å²) in [4.78, 5) is 8.30. The number of rotatable bonds is 6. The molecular formula is C14H15Cl2N3O. The average Bonchev–Trinajstić information content (AvgIpc) is 2.44. The Morgan fingerprint density at radius 3 is 2.60 bits per heavy atom. The number of nitrogens with one attached hydrogen (secondary N) is 1. The van der Waals surface area contributed by atoms with Crippen LogP contribution in [-0.2, 0) is 6.54 Å². The number of benzene rings is 1. The second kappa shape index (κ2) is 7.43. The van der Waals surface area contributed by atoms with Gasteiger partial charge < -0.3 is 10.1 Å². The first-order chi connectivity index (χ1) is 9.69. The van der Waals surface area contributed by atoms with E-state index in [1.807, 2.05) is 0 Å². The summed E-state index contributed by atoms with van der Waals surface area (Å²) in [6, 6.07) is 5.26. The van der Waals surface area contributed by atoms with E-state index in [0.717, 1.165) is 25.1 Å². The van der Waals surface area contributed by atoms with Crippen LogP contribution < -0.4 is 10.1 Å². The van der Waals surface area contributed by atoms with Gasteiger partial charge in [-0.05, 0) is 31.2 Å². The molecule has 0 saturated carbocycles. The van der Waals surface area contributed by atoms with Gasteiger partial charge in [0, 0.05) is 29.5 Å². The average molecular weight is 312 g/mol. The van der Waals surface area contributed by atoms with Crippen molar-refractivity contribution in [3.63, 3.8) is 0 Å². The van der Waals surface area contributed by atoms with Gasteiger partial charge in [-0.15, -0.1) is 0 Å². The predicted octanol–water partition coefficient (Wildman–Crippen LogP) is 4.08. The maximum absolute atomic E-state index is 6.02. The molecule has 0 atom stereocenters. The van der Waals surface area contributed by atoms with Gasteiger partial charge in [0.25, 0.3) is 0 Å². The largest absolute Gasteiger partial charge is 0.423 e. The Bertz CT molecular complexity index is 561. The highest BCUT2D eigenvalue weighted by atomic mass is 35.5. The van der Waals surface area contributed by atoms with Crippen LogP contribution in [0.2, 0.25) is 10.0 Å². The molecule has 0 spiro atoms. The van der Waals surface area contributed by atoms with Crippen LogP contribution in [0.5, 0.6) is 11.8 Å². The minimum absolute atomic E-state index is 0.258. The molecule has 1 N–H and O–H groups in total. The van der Waals surface area contributed by atoms with Crippen molar-refractivity contribution in [1.82, 2.24) is 15.3 Å². The molecule has 0 radical (unpaired) electrons. The second-order valence-electron chi connectivity index (χ2n) is 4.23. The zero-order valence-corrected chi connectivity index (χ0v) is 12.6. The molecule has 0 aliphatic carbocycles. The highest BCUT2D eigenvalue weighted by Crippen LogP contribution is 2.29. The van der Waals surface area contributed by atoms with Crippen molar-refractivity contribution in [2.75, 3.05) is 6.54 Å². The molecule has 0 fully saturated rings. The van der Waals surface area contributed by atoms with E-state index >= 15 is 0 Å².